The van der Waals surface area contributed by atoms with Crippen LogP contribution in [0.15, 0.2) is 49.1 Å². The molecule has 0 atom stereocenters. The largest absolute Gasteiger partial charge is 0.490 e. The third kappa shape index (κ3) is 7.94. The van der Waals surface area contributed by atoms with Crippen molar-refractivity contribution in [1.82, 2.24) is 9.97 Å². The van der Waals surface area contributed by atoms with Crippen LogP contribution in [-0.4, -0.2) is 33.0 Å². The monoisotopic (exact) mass is 310 g/mol. The summed E-state index contributed by atoms with van der Waals surface area (Å²) in [4.78, 5) is 7.57. The fraction of sp³-hybridized carbons (Fsp3) is 0.167. The highest BCUT2D eigenvalue weighted by Gasteiger charge is 2.08. The van der Waals surface area contributed by atoms with E-state index < -0.39 is 7.12 Å². The first-order chi connectivity index (χ1) is 8.70. The maximum Gasteiger partial charge on any atom is 0.490 e. The van der Waals surface area contributed by atoms with Crippen LogP contribution in [-0.2, 0) is 0 Å². The summed E-state index contributed by atoms with van der Waals surface area (Å²) in [6.07, 6.45) is 6.59. The fourth-order valence-corrected chi connectivity index (χ4v) is 0.977. The van der Waals surface area contributed by atoms with Crippen LogP contribution in [0.25, 0.3) is 0 Å². The van der Waals surface area contributed by atoms with Gasteiger partial charge >= 0.3 is 7.12 Å². The number of hydrogen-bond acceptors (Lipinski definition) is 4. The van der Waals surface area contributed by atoms with Gasteiger partial charge in [-0.25, -0.2) is 0 Å². The van der Waals surface area contributed by atoms with Crippen LogP contribution in [0.1, 0.15) is 5.56 Å². The van der Waals surface area contributed by atoms with Gasteiger partial charge in [0.2, 0.25) is 0 Å². The second kappa shape index (κ2) is 10.9. The van der Waals surface area contributed by atoms with E-state index in [9.17, 15) is 0 Å². The van der Waals surface area contributed by atoms with Gasteiger partial charge in [0.15, 0.2) is 0 Å². The van der Waals surface area contributed by atoms with E-state index in [4.69, 9.17) is 10.0 Å². The molecule has 18 heavy (non-hydrogen) atoms. The molecular weight excluding hydrogens is 295 g/mol. The summed E-state index contributed by atoms with van der Waals surface area (Å²) in [5.41, 5.74) is 1.63. The first-order valence-electron chi connectivity index (χ1n) is 5.20. The van der Waals surface area contributed by atoms with E-state index in [-0.39, 0.29) is 0 Å². The molecule has 0 saturated carbocycles. The Morgan fingerprint density at radius 3 is 1.78 bits per heavy atom. The van der Waals surface area contributed by atoms with Gasteiger partial charge in [-0.15, -0.1) is 0 Å². The Morgan fingerprint density at radius 2 is 1.56 bits per heavy atom. The maximum absolute atomic E-state index is 8.54. The van der Waals surface area contributed by atoms with Gasteiger partial charge in [0, 0.05) is 30.3 Å². The van der Waals surface area contributed by atoms with Crippen molar-refractivity contribution in [3.05, 3.63) is 54.6 Å². The lowest BCUT2D eigenvalue weighted by Gasteiger charge is -1.93. The van der Waals surface area contributed by atoms with Gasteiger partial charge in [0.25, 0.3) is 0 Å². The van der Waals surface area contributed by atoms with Crippen LogP contribution < -0.4 is 5.46 Å². The highest BCUT2D eigenvalue weighted by Crippen LogP contribution is 1.88. The van der Waals surface area contributed by atoms with Gasteiger partial charge in [-0.05, 0) is 30.5 Å². The van der Waals surface area contributed by atoms with Crippen molar-refractivity contribution in [2.75, 3.05) is 5.83 Å². The van der Waals surface area contributed by atoms with Crippen molar-refractivity contribution in [2.24, 2.45) is 0 Å². The van der Waals surface area contributed by atoms with E-state index in [0.717, 1.165) is 0 Å². The van der Waals surface area contributed by atoms with Crippen molar-refractivity contribution >= 4 is 28.5 Å². The van der Waals surface area contributed by atoms with Gasteiger partial charge in [-0.1, -0.05) is 28.1 Å². The van der Waals surface area contributed by atoms with Crippen LogP contribution in [0, 0.1) is 6.92 Å². The molecule has 0 aliphatic heterocycles. The van der Waals surface area contributed by atoms with Gasteiger partial charge in [-0.3, -0.25) is 9.97 Å². The Kier molecular flexibility index (Phi) is 10.1. The molecule has 0 unspecified atom stereocenters. The summed E-state index contributed by atoms with van der Waals surface area (Å²) in [7, 11) is -1.40. The first-order valence-corrected chi connectivity index (χ1v) is 6.79. The van der Waals surface area contributed by atoms with E-state index in [0.29, 0.717) is 5.46 Å². The molecule has 2 aromatic rings. The van der Waals surface area contributed by atoms with Crippen LogP contribution in [0.3, 0.4) is 0 Å². The molecule has 4 nitrogen and oxygen atoms in total. The normalized spacial score (nSPS) is 8.28. The fourth-order valence-electron chi connectivity index (χ4n) is 0.977. The lowest BCUT2D eigenvalue weighted by atomic mass is 9.82. The Balaban J connectivity index is 0.000000289. The number of halogens is 1. The second-order valence-corrected chi connectivity index (χ2v) is 3.19. The zero-order valence-corrected chi connectivity index (χ0v) is 11.9. The quantitative estimate of drug-likeness (QED) is 0.613. The van der Waals surface area contributed by atoms with Crippen molar-refractivity contribution < 1.29 is 10.0 Å². The average Bonchev–Trinajstić information content (AvgIpc) is 2.43. The minimum atomic E-state index is -1.40. The summed E-state index contributed by atoms with van der Waals surface area (Å²) in [6, 6.07) is 7.19. The van der Waals surface area contributed by atoms with Crippen LogP contribution in [0.5, 0.6) is 0 Å². The highest BCUT2D eigenvalue weighted by atomic mass is 79.9. The van der Waals surface area contributed by atoms with Crippen molar-refractivity contribution in [1.29, 1.82) is 0 Å². The lowest BCUT2D eigenvalue weighted by Crippen LogP contribution is -2.29. The minimum Gasteiger partial charge on any atom is -0.423 e. The molecule has 0 radical (unpaired) electrons. The van der Waals surface area contributed by atoms with Crippen molar-refractivity contribution in [2.45, 2.75) is 6.92 Å². The molecule has 2 aromatic heterocycles. The molecule has 0 bridgehead atoms. The molecule has 96 valence electrons. The smallest absolute Gasteiger partial charge is 0.423 e. The molecule has 0 amide bonds. The van der Waals surface area contributed by atoms with Gasteiger partial charge in [0.05, 0.1) is 0 Å². The number of rotatable bonds is 1. The van der Waals surface area contributed by atoms with Crippen LogP contribution in [0.2, 0.25) is 0 Å². The summed E-state index contributed by atoms with van der Waals surface area (Å²) in [5, 5.41) is 17.1. The predicted octanol–water partition coefficient (Wildman–Crippen LogP) is 1.16. The number of alkyl halides is 1. The summed E-state index contributed by atoms with van der Waals surface area (Å²) in [6.45, 7) is 2.02. The maximum atomic E-state index is 8.54. The second-order valence-electron chi connectivity index (χ2n) is 3.19. The topological polar surface area (TPSA) is 66.2 Å². The average molecular weight is 311 g/mol. The summed E-state index contributed by atoms with van der Waals surface area (Å²) >= 11 is 2.94. The summed E-state index contributed by atoms with van der Waals surface area (Å²) < 4.78 is 0. The van der Waals surface area contributed by atoms with E-state index >= 15 is 0 Å². The number of hydrogen-bond donors (Lipinski definition) is 2. The number of nitrogens with zero attached hydrogens (tertiary/aromatic N) is 2. The predicted molar refractivity (Wildman–Crippen MR) is 77.9 cm³/mol. The van der Waals surface area contributed by atoms with Gasteiger partial charge in [0.1, 0.15) is 0 Å². The Bertz CT molecular complexity index is 401. The molecule has 0 aromatic carbocycles. The lowest BCUT2D eigenvalue weighted by molar-refractivity contribution is 0.425. The van der Waals surface area contributed by atoms with Gasteiger partial charge < -0.3 is 10.0 Å². The molecule has 0 spiro atoms. The Morgan fingerprint density at radius 1 is 1.00 bits per heavy atom. The minimum absolute atomic E-state index is 0.414. The molecule has 2 rings (SSSR count). The molecule has 0 fully saturated rings. The van der Waals surface area contributed by atoms with Gasteiger partial charge in [-0.2, -0.15) is 0 Å². The third-order valence-corrected chi connectivity index (χ3v) is 1.79. The number of aromatic nitrogens is 2. The standard InChI is InChI=1S/C6H7N.C5H6BNO2.CH3Br/c1-6-3-2-4-7-5-6;8-6(9)5-2-1-3-7-4-5;1-2/h2-5H,1H3;1-4,8-9H;1H3. The molecular formula is C12H16BBrN2O2. The highest BCUT2D eigenvalue weighted by molar-refractivity contribution is 9.08. The molecule has 0 aliphatic rings. The molecule has 6 heteroatoms. The SMILES string of the molecule is CBr.Cc1cccnc1.OB(O)c1cccnc1. The van der Waals surface area contributed by atoms with E-state index in [1.807, 2.05) is 31.1 Å². The number of aryl methyl sites for hydroxylation is 1. The molecule has 0 aliphatic carbocycles. The molecule has 0 saturated heterocycles. The Hall–Kier alpha value is -1.24. The van der Waals surface area contributed by atoms with E-state index in [1.54, 1.807) is 24.5 Å². The summed E-state index contributed by atoms with van der Waals surface area (Å²) in [5.74, 6) is 1.81. The molecule has 2 heterocycles. The van der Waals surface area contributed by atoms with Crippen LogP contribution in [0.4, 0.5) is 0 Å². The van der Waals surface area contributed by atoms with Crippen molar-refractivity contribution in [3.63, 3.8) is 0 Å². The zero-order valence-electron chi connectivity index (χ0n) is 10.4. The van der Waals surface area contributed by atoms with E-state index in [2.05, 4.69) is 25.9 Å². The van der Waals surface area contributed by atoms with Crippen molar-refractivity contribution in [3.8, 4) is 0 Å². The third-order valence-electron chi connectivity index (χ3n) is 1.79. The zero-order chi connectivity index (χ0) is 13.8. The van der Waals surface area contributed by atoms with E-state index in [1.165, 1.54) is 11.8 Å². The number of pyridine rings is 2. The first kappa shape index (κ1) is 16.8. The Labute approximate surface area is 116 Å². The van der Waals surface area contributed by atoms with Crippen LogP contribution >= 0.6 is 15.9 Å². The molecule has 2 N–H and O–H groups in total.